The highest BCUT2D eigenvalue weighted by Gasteiger charge is 2.27. The minimum atomic E-state index is -0.558. The number of piperidine rings is 1. The maximum absolute atomic E-state index is 11.2. The van der Waals surface area contributed by atoms with Gasteiger partial charge in [-0.1, -0.05) is 6.92 Å². The van der Waals surface area contributed by atoms with E-state index < -0.39 is 5.91 Å². The predicted molar refractivity (Wildman–Crippen MR) is 69.3 cm³/mol. The number of anilines is 1. The molecule has 6 heteroatoms. The third kappa shape index (κ3) is 2.95. The van der Waals surface area contributed by atoms with Gasteiger partial charge in [0.2, 0.25) is 0 Å². The molecule has 0 radical (unpaired) electrons. The van der Waals surface area contributed by atoms with Crippen molar-refractivity contribution in [1.29, 1.82) is 0 Å². The second-order valence-electron chi connectivity index (χ2n) is 5.06. The first kappa shape index (κ1) is 12.8. The monoisotopic (exact) mass is 249 g/mol. The van der Waals surface area contributed by atoms with Gasteiger partial charge < -0.3 is 16.4 Å². The number of hydrogen-bond donors (Lipinski definition) is 3. The van der Waals surface area contributed by atoms with Crippen molar-refractivity contribution in [2.24, 2.45) is 11.1 Å². The van der Waals surface area contributed by atoms with Crippen LogP contribution in [-0.4, -0.2) is 35.5 Å². The normalized spacial score (nSPS) is 23.6. The molecular weight excluding hydrogens is 230 g/mol. The molecule has 1 saturated heterocycles. The molecule has 2 heterocycles. The van der Waals surface area contributed by atoms with Crippen LogP contribution in [0.5, 0.6) is 0 Å². The van der Waals surface area contributed by atoms with Crippen LogP contribution in [-0.2, 0) is 0 Å². The zero-order valence-corrected chi connectivity index (χ0v) is 10.6. The average Bonchev–Trinajstić information content (AvgIpc) is 2.38. The van der Waals surface area contributed by atoms with Crippen molar-refractivity contribution in [3.63, 3.8) is 0 Å². The third-order valence-corrected chi connectivity index (χ3v) is 3.30. The minimum absolute atomic E-state index is 0.171. The number of carbonyl (C=O) groups is 1. The third-order valence-electron chi connectivity index (χ3n) is 3.30. The van der Waals surface area contributed by atoms with Gasteiger partial charge in [0.1, 0.15) is 0 Å². The fourth-order valence-electron chi connectivity index (χ4n) is 2.21. The Bertz CT molecular complexity index is 428. The molecule has 1 aliphatic rings. The lowest BCUT2D eigenvalue weighted by Gasteiger charge is -2.34. The summed E-state index contributed by atoms with van der Waals surface area (Å²) in [5.74, 6) is -0.0886. The predicted octanol–water partition coefficient (Wildman–Crippen LogP) is 0.377. The van der Waals surface area contributed by atoms with Crippen LogP contribution in [0, 0.1) is 5.41 Å². The van der Waals surface area contributed by atoms with Crippen molar-refractivity contribution < 1.29 is 4.79 Å². The van der Waals surface area contributed by atoms with E-state index in [1.165, 1.54) is 12.6 Å². The minimum Gasteiger partial charge on any atom is -0.368 e. The summed E-state index contributed by atoms with van der Waals surface area (Å²) in [6.45, 7) is 5.00. The summed E-state index contributed by atoms with van der Waals surface area (Å²) in [6.07, 6.45) is 5.34. The lowest BCUT2D eigenvalue weighted by molar-refractivity contribution is 0.0996. The number of aromatic nitrogens is 2. The van der Waals surface area contributed by atoms with E-state index >= 15 is 0 Å². The summed E-state index contributed by atoms with van der Waals surface area (Å²) in [5, 5.41) is 6.57. The van der Waals surface area contributed by atoms with E-state index in [1.807, 2.05) is 0 Å². The van der Waals surface area contributed by atoms with Gasteiger partial charge >= 0.3 is 0 Å². The van der Waals surface area contributed by atoms with E-state index in [1.54, 1.807) is 6.20 Å². The van der Waals surface area contributed by atoms with Crippen LogP contribution in [0.1, 0.15) is 30.3 Å². The SMILES string of the molecule is CC1(CNc2nccnc2C(N)=O)CCCNC1. The summed E-state index contributed by atoms with van der Waals surface area (Å²) >= 11 is 0. The standard InChI is InChI=1S/C12H19N5O/c1-12(3-2-4-14-7-12)8-17-11-9(10(13)18)15-5-6-16-11/h5-6,14H,2-4,7-8H2,1H3,(H2,13,18)(H,16,17). The van der Waals surface area contributed by atoms with E-state index in [-0.39, 0.29) is 11.1 Å². The maximum Gasteiger partial charge on any atom is 0.271 e. The Labute approximate surface area is 106 Å². The lowest BCUT2D eigenvalue weighted by atomic mass is 9.83. The van der Waals surface area contributed by atoms with E-state index in [9.17, 15) is 4.79 Å². The molecule has 1 amide bonds. The zero-order valence-electron chi connectivity index (χ0n) is 10.6. The first-order chi connectivity index (χ1) is 8.61. The van der Waals surface area contributed by atoms with Crippen LogP contribution in [0.25, 0.3) is 0 Å². The number of nitrogens with one attached hydrogen (secondary N) is 2. The smallest absolute Gasteiger partial charge is 0.271 e. The van der Waals surface area contributed by atoms with Crippen LogP contribution < -0.4 is 16.4 Å². The Hall–Kier alpha value is -1.69. The van der Waals surface area contributed by atoms with Gasteiger partial charge in [0, 0.05) is 25.5 Å². The average molecular weight is 249 g/mol. The van der Waals surface area contributed by atoms with Crippen LogP contribution >= 0.6 is 0 Å². The van der Waals surface area contributed by atoms with Gasteiger partial charge in [0.25, 0.3) is 5.91 Å². The first-order valence-electron chi connectivity index (χ1n) is 6.16. The second-order valence-corrected chi connectivity index (χ2v) is 5.06. The number of carbonyl (C=O) groups excluding carboxylic acids is 1. The number of hydrogen-bond acceptors (Lipinski definition) is 5. The van der Waals surface area contributed by atoms with Gasteiger partial charge in [-0.05, 0) is 24.8 Å². The largest absolute Gasteiger partial charge is 0.368 e. The molecular formula is C12H19N5O. The summed E-state index contributed by atoms with van der Waals surface area (Å²) in [6, 6.07) is 0. The van der Waals surface area contributed by atoms with Gasteiger partial charge in [0.05, 0.1) is 0 Å². The molecule has 6 nitrogen and oxygen atoms in total. The summed E-state index contributed by atoms with van der Waals surface area (Å²) in [5.41, 5.74) is 5.63. The Morgan fingerprint density at radius 2 is 2.33 bits per heavy atom. The van der Waals surface area contributed by atoms with Gasteiger partial charge in [0.15, 0.2) is 11.5 Å². The number of primary amides is 1. The molecule has 4 N–H and O–H groups in total. The molecule has 0 aliphatic carbocycles. The number of amides is 1. The molecule has 1 aromatic rings. The first-order valence-corrected chi connectivity index (χ1v) is 6.16. The van der Waals surface area contributed by atoms with Gasteiger partial charge in [-0.15, -0.1) is 0 Å². The summed E-state index contributed by atoms with van der Waals surface area (Å²) in [7, 11) is 0. The second kappa shape index (κ2) is 5.30. The lowest BCUT2D eigenvalue weighted by Crippen LogP contribution is -2.42. The molecule has 1 aliphatic heterocycles. The molecule has 1 unspecified atom stereocenters. The Balaban J connectivity index is 2.03. The molecule has 1 fully saturated rings. The topological polar surface area (TPSA) is 92.9 Å². The number of nitrogens with two attached hydrogens (primary N) is 1. The van der Waals surface area contributed by atoms with E-state index in [2.05, 4.69) is 27.5 Å². The van der Waals surface area contributed by atoms with Crippen molar-refractivity contribution in [1.82, 2.24) is 15.3 Å². The van der Waals surface area contributed by atoms with Crippen molar-refractivity contribution in [2.75, 3.05) is 25.0 Å². The van der Waals surface area contributed by atoms with Crippen molar-refractivity contribution in [3.8, 4) is 0 Å². The highest BCUT2D eigenvalue weighted by molar-refractivity contribution is 5.95. The van der Waals surface area contributed by atoms with Crippen LogP contribution in [0.2, 0.25) is 0 Å². The van der Waals surface area contributed by atoms with Crippen LogP contribution in [0.4, 0.5) is 5.82 Å². The van der Waals surface area contributed by atoms with Crippen LogP contribution in [0.15, 0.2) is 12.4 Å². The Morgan fingerprint density at radius 3 is 3.00 bits per heavy atom. The molecule has 18 heavy (non-hydrogen) atoms. The fraction of sp³-hybridized carbons (Fsp3) is 0.583. The number of nitrogens with zero attached hydrogens (tertiary/aromatic N) is 2. The molecule has 98 valence electrons. The van der Waals surface area contributed by atoms with E-state index in [0.717, 1.165) is 26.1 Å². The molecule has 1 atom stereocenters. The number of rotatable bonds is 4. The van der Waals surface area contributed by atoms with Crippen molar-refractivity contribution in [3.05, 3.63) is 18.1 Å². The van der Waals surface area contributed by atoms with Gasteiger partial charge in [-0.2, -0.15) is 0 Å². The molecule has 2 rings (SSSR count). The molecule has 0 saturated carbocycles. The summed E-state index contributed by atoms with van der Waals surface area (Å²) in [4.78, 5) is 19.3. The summed E-state index contributed by atoms with van der Waals surface area (Å²) < 4.78 is 0. The van der Waals surface area contributed by atoms with Gasteiger partial charge in [-0.25, -0.2) is 9.97 Å². The molecule has 0 spiro atoms. The van der Waals surface area contributed by atoms with E-state index in [4.69, 9.17) is 5.73 Å². The Kier molecular flexibility index (Phi) is 3.76. The Morgan fingerprint density at radius 1 is 1.56 bits per heavy atom. The molecule has 0 bridgehead atoms. The highest BCUT2D eigenvalue weighted by atomic mass is 16.1. The highest BCUT2D eigenvalue weighted by Crippen LogP contribution is 2.25. The molecule has 1 aromatic heterocycles. The van der Waals surface area contributed by atoms with E-state index in [0.29, 0.717) is 5.82 Å². The van der Waals surface area contributed by atoms with Crippen molar-refractivity contribution >= 4 is 11.7 Å². The van der Waals surface area contributed by atoms with Crippen molar-refractivity contribution in [2.45, 2.75) is 19.8 Å². The zero-order chi connectivity index (χ0) is 13.0. The molecule has 0 aromatic carbocycles. The van der Waals surface area contributed by atoms with Gasteiger partial charge in [-0.3, -0.25) is 4.79 Å². The maximum atomic E-state index is 11.2. The quantitative estimate of drug-likeness (QED) is 0.717. The fourth-order valence-corrected chi connectivity index (χ4v) is 2.21. The van der Waals surface area contributed by atoms with Crippen LogP contribution in [0.3, 0.4) is 0 Å².